The maximum atomic E-state index is 11.2. The summed E-state index contributed by atoms with van der Waals surface area (Å²) in [5.74, 6) is 0.835. The molecule has 0 aromatic heterocycles. The van der Waals surface area contributed by atoms with E-state index in [4.69, 9.17) is 9.47 Å². The minimum absolute atomic E-state index is 0.0576. The molecule has 2 unspecified atom stereocenters. The van der Waals surface area contributed by atoms with Gasteiger partial charge in [0.2, 0.25) is 0 Å². The number of phenolic OH excluding ortho intramolecular Hbond substituents is 1. The SMILES string of the molecule is CC.CC(C)N1C(C2COCC2COc2cccc(O)c2C=O)=CCN1C. The molecule has 6 nitrogen and oxygen atoms in total. The molecule has 2 heterocycles. The van der Waals surface area contributed by atoms with Gasteiger partial charge in [-0.05, 0) is 32.1 Å². The van der Waals surface area contributed by atoms with Gasteiger partial charge in [-0.2, -0.15) is 0 Å². The minimum Gasteiger partial charge on any atom is -0.507 e. The van der Waals surface area contributed by atoms with Gasteiger partial charge in [0, 0.05) is 37.2 Å². The maximum Gasteiger partial charge on any atom is 0.157 e. The molecule has 27 heavy (non-hydrogen) atoms. The van der Waals surface area contributed by atoms with E-state index >= 15 is 0 Å². The first-order valence-corrected chi connectivity index (χ1v) is 9.71. The highest BCUT2D eigenvalue weighted by molar-refractivity contribution is 5.83. The van der Waals surface area contributed by atoms with Gasteiger partial charge >= 0.3 is 0 Å². The molecule has 150 valence electrons. The average Bonchev–Trinajstić information content (AvgIpc) is 3.27. The second kappa shape index (κ2) is 9.76. The fourth-order valence-corrected chi connectivity index (χ4v) is 3.68. The first-order chi connectivity index (χ1) is 13.0. The van der Waals surface area contributed by atoms with Gasteiger partial charge in [0.05, 0.1) is 25.4 Å². The third-order valence-electron chi connectivity index (χ3n) is 4.88. The molecule has 1 aromatic carbocycles. The van der Waals surface area contributed by atoms with Crippen molar-refractivity contribution in [1.82, 2.24) is 10.0 Å². The molecule has 1 N–H and O–H groups in total. The van der Waals surface area contributed by atoms with Gasteiger partial charge in [0.25, 0.3) is 0 Å². The van der Waals surface area contributed by atoms with Crippen LogP contribution in [0.2, 0.25) is 0 Å². The zero-order valence-electron chi connectivity index (χ0n) is 17.0. The molecule has 0 amide bonds. The first-order valence-electron chi connectivity index (χ1n) is 9.71. The van der Waals surface area contributed by atoms with E-state index in [9.17, 15) is 9.90 Å². The Balaban J connectivity index is 0.00000126. The summed E-state index contributed by atoms with van der Waals surface area (Å²) in [7, 11) is 2.09. The number of nitrogens with zero attached hydrogens (tertiary/aromatic N) is 2. The van der Waals surface area contributed by atoms with Crippen LogP contribution in [0.15, 0.2) is 30.0 Å². The highest BCUT2D eigenvalue weighted by Gasteiger charge is 2.38. The van der Waals surface area contributed by atoms with Crippen LogP contribution in [0.1, 0.15) is 38.1 Å². The Morgan fingerprint density at radius 2 is 2.07 bits per heavy atom. The number of hydrogen-bond acceptors (Lipinski definition) is 6. The highest BCUT2D eigenvalue weighted by atomic mass is 16.5. The van der Waals surface area contributed by atoms with Crippen molar-refractivity contribution in [2.45, 2.75) is 33.7 Å². The van der Waals surface area contributed by atoms with Crippen LogP contribution < -0.4 is 4.74 Å². The lowest BCUT2D eigenvalue weighted by molar-refractivity contribution is 0.0228. The molecule has 0 saturated carbocycles. The summed E-state index contributed by atoms with van der Waals surface area (Å²) >= 11 is 0. The molecule has 0 bridgehead atoms. The zero-order valence-corrected chi connectivity index (χ0v) is 17.0. The summed E-state index contributed by atoms with van der Waals surface area (Å²) in [5.41, 5.74) is 1.48. The molecule has 3 rings (SSSR count). The molecular weight excluding hydrogens is 344 g/mol. The molecule has 2 aliphatic rings. The number of carbonyl (C=O) groups excluding carboxylic acids is 1. The quantitative estimate of drug-likeness (QED) is 0.769. The fourth-order valence-electron chi connectivity index (χ4n) is 3.68. The van der Waals surface area contributed by atoms with Gasteiger partial charge in [-0.15, -0.1) is 0 Å². The predicted molar refractivity (Wildman–Crippen MR) is 106 cm³/mol. The van der Waals surface area contributed by atoms with Crippen LogP contribution in [0.3, 0.4) is 0 Å². The molecule has 1 saturated heterocycles. The summed E-state index contributed by atoms with van der Waals surface area (Å²) in [6.45, 7) is 11.0. The van der Waals surface area contributed by atoms with Gasteiger partial charge in [-0.1, -0.05) is 19.9 Å². The highest BCUT2D eigenvalue weighted by Crippen LogP contribution is 2.35. The van der Waals surface area contributed by atoms with Crippen LogP contribution in [-0.4, -0.2) is 60.9 Å². The van der Waals surface area contributed by atoms with Crippen molar-refractivity contribution in [3.05, 3.63) is 35.5 Å². The van der Waals surface area contributed by atoms with Crippen LogP contribution >= 0.6 is 0 Å². The van der Waals surface area contributed by atoms with Crippen molar-refractivity contribution in [3.8, 4) is 11.5 Å². The molecule has 1 aromatic rings. The number of carbonyl (C=O) groups is 1. The van der Waals surface area contributed by atoms with Gasteiger partial charge in [0.1, 0.15) is 11.5 Å². The maximum absolute atomic E-state index is 11.2. The van der Waals surface area contributed by atoms with Gasteiger partial charge in [0.15, 0.2) is 6.29 Å². The standard InChI is InChI=1S/C19H26N2O4.C2H6/c1-13(2)21-17(7-8-20(21)3)16-12-24-10-14(16)11-25-19-6-4-5-18(23)15(19)9-22;1-2/h4-7,9,13-14,16,23H,8,10-12H2,1-3H3;1-2H3. The van der Waals surface area contributed by atoms with E-state index in [1.54, 1.807) is 12.1 Å². The second-order valence-electron chi connectivity index (χ2n) is 6.93. The third-order valence-corrected chi connectivity index (χ3v) is 4.88. The Morgan fingerprint density at radius 1 is 1.33 bits per heavy atom. The Hall–Kier alpha value is -2.05. The first kappa shape index (κ1) is 21.3. The second-order valence-corrected chi connectivity index (χ2v) is 6.93. The topological polar surface area (TPSA) is 62.2 Å². The van der Waals surface area contributed by atoms with Gasteiger partial charge in [-0.25, -0.2) is 5.01 Å². The average molecular weight is 376 g/mol. The molecule has 0 radical (unpaired) electrons. The van der Waals surface area contributed by atoms with E-state index in [1.165, 1.54) is 11.8 Å². The molecule has 2 aliphatic heterocycles. The van der Waals surface area contributed by atoms with Crippen molar-refractivity contribution in [1.29, 1.82) is 0 Å². The predicted octanol–water partition coefficient (Wildman–Crippen LogP) is 3.33. The van der Waals surface area contributed by atoms with E-state index in [1.807, 2.05) is 13.8 Å². The van der Waals surface area contributed by atoms with Gasteiger partial charge < -0.3 is 19.6 Å². The Labute approximate surface area is 162 Å². The van der Waals surface area contributed by atoms with Crippen LogP contribution in [-0.2, 0) is 4.74 Å². The normalized spacial score (nSPS) is 22.4. The number of aldehydes is 1. The summed E-state index contributed by atoms with van der Waals surface area (Å²) in [4.78, 5) is 11.2. The number of likely N-dealkylation sites (N-methyl/N-ethyl adjacent to an activating group) is 1. The van der Waals surface area contributed by atoms with Crippen molar-refractivity contribution < 1.29 is 19.4 Å². The number of benzene rings is 1. The minimum atomic E-state index is -0.0576. The number of aromatic hydroxyl groups is 1. The van der Waals surface area contributed by atoms with Crippen molar-refractivity contribution in [3.63, 3.8) is 0 Å². The van der Waals surface area contributed by atoms with Crippen molar-refractivity contribution in [2.75, 3.05) is 33.4 Å². The number of rotatable bonds is 6. The lowest BCUT2D eigenvalue weighted by atomic mass is 9.92. The van der Waals surface area contributed by atoms with E-state index in [-0.39, 0.29) is 23.1 Å². The fraction of sp³-hybridized carbons (Fsp3) is 0.571. The van der Waals surface area contributed by atoms with E-state index < -0.39 is 0 Å². The molecule has 0 aliphatic carbocycles. The van der Waals surface area contributed by atoms with Crippen molar-refractivity contribution >= 4 is 6.29 Å². The summed E-state index contributed by atoms with van der Waals surface area (Å²) in [6.07, 6.45) is 2.89. The third kappa shape index (κ3) is 4.62. The molecule has 1 fully saturated rings. The van der Waals surface area contributed by atoms with E-state index in [0.717, 1.165) is 6.54 Å². The summed E-state index contributed by atoms with van der Waals surface area (Å²) in [6, 6.07) is 5.25. The largest absolute Gasteiger partial charge is 0.507 e. The van der Waals surface area contributed by atoms with E-state index in [2.05, 4.69) is 37.0 Å². The smallest absolute Gasteiger partial charge is 0.157 e. The summed E-state index contributed by atoms with van der Waals surface area (Å²) < 4.78 is 11.6. The Morgan fingerprint density at radius 3 is 2.74 bits per heavy atom. The Kier molecular flexibility index (Phi) is 7.68. The van der Waals surface area contributed by atoms with Crippen LogP contribution in [0.5, 0.6) is 11.5 Å². The van der Waals surface area contributed by atoms with E-state index in [0.29, 0.717) is 37.9 Å². The molecule has 6 heteroatoms. The van der Waals surface area contributed by atoms with Gasteiger partial charge in [-0.3, -0.25) is 4.79 Å². The summed E-state index contributed by atoms with van der Waals surface area (Å²) in [5, 5.41) is 14.3. The monoisotopic (exact) mass is 376 g/mol. The Bertz CT molecular complexity index is 660. The van der Waals surface area contributed by atoms with Crippen molar-refractivity contribution in [2.24, 2.45) is 11.8 Å². The van der Waals surface area contributed by atoms with Crippen LogP contribution in [0, 0.1) is 11.8 Å². The lowest BCUT2D eigenvalue weighted by Gasteiger charge is -2.36. The number of hydrogen-bond donors (Lipinski definition) is 1. The molecular formula is C21H32N2O4. The zero-order chi connectivity index (χ0) is 20.0. The lowest BCUT2D eigenvalue weighted by Crippen LogP contribution is -2.42. The van der Waals surface area contributed by atoms with Crippen LogP contribution in [0.4, 0.5) is 0 Å². The number of hydrazine groups is 1. The number of phenols is 1. The van der Waals surface area contributed by atoms with Crippen LogP contribution in [0.25, 0.3) is 0 Å². The molecule has 2 atom stereocenters. The molecule has 0 spiro atoms. The number of ether oxygens (including phenoxy) is 2.